The van der Waals surface area contributed by atoms with Crippen molar-refractivity contribution in [1.29, 1.82) is 0 Å². The first kappa shape index (κ1) is 13.5. The molecule has 0 aliphatic rings. The van der Waals surface area contributed by atoms with Gasteiger partial charge in [0.1, 0.15) is 0 Å². The molecule has 0 saturated carbocycles. The minimum absolute atomic E-state index is 0.531. The number of pyridine rings is 2. The summed E-state index contributed by atoms with van der Waals surface area (Å²) in [5, 5.41) is 0.962. The summed E-state index contributed by atoms with van der Waals surface area (Å²) in [4.78, 5) is 8.36. The highest BCUT2D eigenvalue weighted by molar-refractivity contribution is 7.56. The van der Waals surface area contributed by atoms with Crippen LogP contribution in [0.15, 0.2) is 79.1 Å². The molecule has 2 aromatic heterocycles. The third-order valence-corrected chi connectivity index (χ3v) is 4.02. The lowest BCUT2D eigenvalue weighted by atomic mass is 10.4. The molecule has 3 aromatic rings. The minimum Gasteiger partial charge on any atom is -0.417 e. The molecule has 0 saturated heterocycles. The molecule has 0 aliphatic carbocycles. The monoisotopic (exact) mass is 296 g/mol. The molecule has 0 unspecified atom stereocenters. The molecule has 5 heteroatoms. The molecule has 0 radical (unpaired) electrons. The standard InChI is InChI=1S/C16H13N2O2P/c1-2-8-14(9-3-1)21(19-15-10-4-6-12-17-15)20-16-11-5-7-13-18-16/h1-13H. The lowest BCUT2D eigenvalue weighted by Crippen LogP contribution is -2.10. The molecule has 4 nitrogen and oxygen atoms in total. The summed E-state index contributed by atoms with van der Waals surface area (Å²) in [6, 6.07) is 20.9. The molecule has 21 heavy (non-hydrogen) atoms. The Labute approximate surface area is 124 Å². The van der Waals surface area contributed by atoms with Crippen molar-refractivity contribution in [2.45, 2.75) is 0 Å². The third-order valence-electron chi connectivity index (χ3n) is 2.60. The SMILES string of the molecule is c1ccc(P(Oc2ccccn2)Oc2ccccn2)cc1. The van der Waals surface area contributed by atoms with Crippen molar-refractivity contribution in [2.24, 2.45) is 0 Å². The Morgan fingerprint density at radius 2 is 1.14 bits per heavy atom. The van der Waals surface area contributed by atoms with Crippen LogP contribution in [0, 0.1) is 0 Å². The molecule has 0 fully saturated rings. The molecular formula is C16H13N2O2P. The van der Waals surface area contributed by atoms with Crippen LogP contribution in [0.4, 0.5) is 0 Å². The fourth-order valence-electron chi connectivity index (χ4n) is 1.65. The molecule has 2 heterocycles. The summed E-state index contributed by atoms with van der Waals surface area (Å²) >= 11 is 0. The zero-order valence-corrected chi connectivity index (χ0v) is 12.1. The van der Waals surface area contributed by atoms with Crippen molar-refractivity contribution in [1.82, 2.24) is 9.97 Å². The molecule has 1 aromatic carbocycles. The van der Waals surface area contributed by atoms with Crippen molar-refractivity contribution in [3.63, 3.8) is 0 Å². The molecule has 0 N–H and O–H groups in total. The second-order valence-corrected chi connectivity index (χ2v) is 5.51. The van der Waals surface area contributed by atoms with Gasteiger partial charge in [-0.2, -0.15) is 0 Å². The molecule has 0 aliphatic heterocycles. The summed E-state index contributed by atoms with van der Waals surface area (Å²) in [6.45, 7) is 0. The lowest BCUT2D eigenvalue weighted by Gasteiger charge is -2.17. The van der Waals surface area contributed by atoms with E-state index in [4.69, 9.17) is 9.05 Å². The van der Waals surface area contributed by atoms with Crippen molar-refractivity contribution >= 4 is 13.7 Å². The summed E-state index contributed by atoms with van der Waals surface area (Å²) < 4.78 is 11.8. The van der Waals surface area contributed by atoms with Crippen molar-refractivity contribution in [3.05, 3.63) is 79.1 Å². The van der Waals surface area contributed by atoms with E-state index in [-0.39, 0.29) is 0 Å². The number of aromatic nitrogens is 2. The summed E-state index contributed by atoms with van der Waals surface area (Å²) in [5.41, 5.74) is 0. The fraction of sp³-hybridized carbons (Fsp3) is 0. The molecule has 0 spiro atoms. The van der Waals surface area contributed by atoms with Gasteiger partial charge in [0.25, 0.3) is 0 Å². The Hall–Kier alpha value is -2.45. The van der Waals surface area contributed by atoms with Gasteiger partial charge >= 0.3 is 8.38 Å². The van der Waals surface area contributed by atoms with E-state index in [1.807, 2.05) is 54.6 Å². The first-order valence-electron chi connectivity index (χ1n) is 6.45. The van der Waals surface area contributed by atoms with Crippen molar-refractivity contribution in [3.8, 4) is 11.8 Å². The van der Waals surface area contributed by atoms with Crippen LogP contribution in [0.5, 0.6) is 11.8 Å². The zero-order chi connectivity index (χ0) is 14.3. The van der Waals surface area contributed by atoms with Gasteiger partial charge in [-0.3, -0.25) is 0 Å². The lowest BCUT2D eigenvalue weighted by molar-refractivity contribution is 0.480. The largest absolute Gasteiger partial charge is 0.417 e. The van der Waals surface area contributed by atoms with Crippen LogP contribution < -0.4 is 14.4 Å². The average molecular weight is 296 g/mol. The molecule has 3 rings (SSSR count). The highest BCUT2D eigenvalue weighted by Crippen LogP contribution is 2.37. The maximum absolute atomic E-state index is 5.90. The number of benzene rings is 1. The van der Waals surface area contributed by atoms with Crippen molar-refractivity contribution < 1.29 is 9.05 Å². The van der Waals surface area contributed by atoms with Gasteiger partial charge in [0.2, 0.25) is 11.8 Å². The van der Waals surface area contributed by atoms with Gasteiger partial charge < -0.3 is 9.05 Å². The highest BCUT2D eigenvalue weighted by Gasteiger charge is 2.18. The predicted octanol–water partition coefficient (Wildman–Crippen LogP) is 3.57. The first-order valence-corrected chi connectivity index (χ1v) is 7.63. The number of nitrogens with zero attached hydrogens (tertiary/aromatic N) is 2. The van der Waals surface area contributed by atoms with E-state index < -0.39 is 8.38 Å². The van der Waals surface area contributed by atoms with Gasteiger partial charge in [-0.15, -0.1) is 0 Å². The van der Waals surface area contributed by atoms with Crippen LogP contribution >= 0.6 is 8.38 Å². The Kier molecular flexibility index (Phi) is 4.39. The van der Waals surface area contributed by atoms with Gasteiger partial charge in [-0.25, -0.2) is 9.97 Å². The minimum atomic E-state index is -1.33. The smallest absolute Gasteiger partial charge is 0.328 e. The predicted molar refractivity (Wildman–Crippen MR) is 82.7 cm³/mol. The number of hydrogen-bond donors (Lipinski definition) is 0. The second-order valence-electron chi connectivity index (χ2n) is 4.11. The molecule has 0 atom stereocenters. The summed E-state index contributed by atoms with van der Waals surface area (Å²) in [5.74, 6) is 1.06. The number of rotatable bonds is 5. The average Bonchev–Trinajstić information content (AvgIpc) is 2.57. The fourth-order valence-corrected chi connectivity index (χ4v) is 2.87. The van der Waals surface area contributed by atoms with Crippen LogP contribution in [-0.4, -0.2) is 9.97 Å². The molecule has 0 bridgehead atoms. The topological polar surface area (TPSA) is 44.2 Å². The van der Waals surface area contributed by atoms with E-state index in [0.29, 0.717) is 11.8 Å². The summed E-state index contributed by atoms with van der Waals surface area (Å²) in [7, 11) is -1.33. The summed E-state index contributed by atoms with van der Waals surface area (Å²) in [6.07, 6.45) is 3.38. The van der Waals surface area contributed by atoms with E-state index in [0.717, 1.165) is 5.30 Å². The molecular weight excluding hydrogens is 283 g/mol. The normalized spacial score (nSPS) is 10.3. The van der Waals surface area contributed by atoms with Gasteiger partial charge in [0, 0.05) is 24.5 Å². The maximum Gasteiger partial charge on any atom is 0.328 e. The van der Waals surface area contributed by atoms with Crippen LogP contribution in [0.25, 0.3) is 0 Å². The Morgan fingerprint density at radius 1 is 0.619 bits per heavy atom. The van der Waals surface area contributed by atoms with Crippen LogP contribution in [0.2, 0.25) is 0 Å². The second kappa shape index (κ2) is 6.82. The van der Waals surface area contributed by atoms with Gasteiger partial charge in [-0.05, 0) is 24.3 Å². The third kappa shape index (κ3) is 3.77. The Morgan fingerprint density at radius 3 is 1.62 bits per heavy atom. The molecule has 104 valence electrons. The van der Waals surface area contributed by atoms with E-state index in [2.05, 4.69) is 9.97 Å². The quantitative estimate of drug-likeness (QED) is 0.675. The van der Waals surface area contributed by atoms with E-state index in [9.17, 15) is 0 Å². The van der Waals surface area contributed by atoms with Gasteiger partial charge in [0.05, 0.1) is 5.30 Å². The Bertz CT molecular complexity index is 624. The van der Waals surface area contributed by atoms with Crippen LogP contribution in [0.1, 0.15) is 0 Å². The van der Waals surface area contributed by atoms with E-state index in [1.54, 1.807) is 24.5 Å². The van der Waals surface area contributed by atoms with Crippen LogP contribution in [-0.2, 0) is 0 Å². The zero-order valence-electron chi connectivity index (χ0n) is 11.2. The van der Waals surface area contributed by atoms with E-state index >= 15 is 0 Å². The van der Waals surface area contributed by atoms with Gasteiger partial charge in [-0.1, -0.05) is 30.3 Å². The van der Waals surface area contributed by atoms with Crippen molar-refractivity contribution in [2.75, 3.05) is 0 Å². The molecule has 0 amide bonds. The highest BCUT2D eigenvalue weighted by atomic mass is 31.2. The number of hydrogen-bond acceptors (Lipinski definition) is 4. The first-order chi connectivity index (χ1) is 10.4. The van der Waals surface area contributed by atoms with E-state index in [1.165, 1.54) is 0 Å². The Balaban J connectivity index is 1.84. The van der Waals surface area contributed by atoms with Gasteiger partial charge in [0.15, 0.2) is 0 Å². The van der Waals surface area contributed by atoms with Crippen LogP contribution in [0.3, 0.4) is 0 Å². The maximum atomic E-state index is 5.90.